The fraction of sp³-hybridized carbons (Fsp3) is 0.250. The Morgan fingerprint density at radius 1 is 1.14 bits per heavy atom. The van der Waals surface area contributed by atoms with Gasteiger partial charge in [0.2, 0.25) is 0 Å². The summed E-state index contributed by atoms with van der Waals surface area (Å²) in [6.45, 7) is 2.01. The van der Waals surface area contributed by atoms with Crippen molar-refractivity contribution >= 4 is 15.9 Å². The van der Waals surface area contributed by atoms with Crippen molar-refractivity contribution < 1.29 is 13.5 Å². The second-order valence-electron chi connectivity index (χ2n) is 5.00. The van der Waals surface area contributed by atoms with Gasteiger partial charge in [-0.3, -0.25) is 0 Å². The summed E-state index contributed by atoms with van der Waals surface area (Å²) >= 11 is 3.41. The van der Waals surface area contributed by atoms with Crippen LogP contribution in [0.4, 0.5) is 8.78 Å². The highest BCUT2D eigenvalue weighted by molar-refractivity contribution is 9.10. The van der Waals surface area contributed by atoms with Crippen molar-refractivity contribution in [1.82, 2.24) is 0 Å². The fourth-order valence-corrected chi connectivity index (χ4v) is 2.46. The summed E-state index contributed by atoms with van der Waals surface area (Å²) in [6.07, 6.45) is 0.659. The smallest absolute Gasteiger partial charge is 0.126 e. The van der Waals surface area contributed by atoms with E-state index in [9.17, 15) is 8.78 Å². The Labute approximate surface area is 131 Å². The molecule has 2 aromatic rings. The van der Waals surface area contributed by atoms with Gasteiger partial charge in [0.1, 0.15) is 24.0 Å². The highest BCUT2D eigenvalue weighted by Crippen LogP contribution is 2.25. The van der Waals surface area contributed by atoms with Gasteiger partial charge in [-0.15, -0.1) is 0 Å². The average molecular weight is 356 g/mol. The van der Waals surface area contributed by atoms with Crippen molar-refractivity contribution in [1.29, 1.82) is 0 Å². The third kappa shape index (κ3) is 4.79. The van der Waals surface area contributed by atoms with Crippen LogP contribution in [0.1, 0.15) is 18.1 Å². The summed E-state index contributed by atoms with van der Waals surface area (Å²) in [5.74, 6) is -0.555. The normalized spacial score (nSPS) is 12.2. The Balaban J connectivity index is 2.15. The molecule has 0 amide bonds. The zero-order chi connectivity index (χ0) is 15.4. The first-order chi connectivity index (χ1) is 9.94. The fourth-order valence-electron chi connectivity index (χ4n) is 2.05. The molecule has 1 atom stereocenters. The van der Waals surface area contributed by atoms with Crippen LogP contribution in [0.15, 0.2) is 40.9 Å². The molecule has 2 N–H and O–H groups in total. The minimum atomic E-state index is -0.611. The van der Waals surface area contributed by atoms with Gasteiger partial charge in [0.05, 0.1) is 0 Å². The summed E-state index contributed by atoms with van der Waals surface area (Å²) in [7, 11) is 0. The largest absolute Gasteiger partial charge is 0.489 e. The first-order valence-electron chi connectivity index (χ1n) is 6.56. The first-order valence-corrected chi connectivity index (χ1v) is 7.35. The monoisotopic (exact) mass is 355 g/mol. The average Bonchev–Trinajstić information content (AvgIpc) is 2.36. The van der Waals surface area contributed by atoms with Crippen molar-refractivity contribution in [2.24, 2.45) is 5.73 Å². The van der Waals surface area contributed by atoms with Crippen LogP contribution >= 0.6 is 15.9 Å². The maximum atomic E-state index is 13.1. The summed E-state index contributed by atoms with van der Waals surface area (Å²) < 4.78 is 32.9. The van der Waals surface area contributed by atoms with Crippen molar-refractivity contribution in [3.63, 3.8) is 0 Å². The van der Waals surface area contributed by atoms with Crippen LogP contribution in [0.3, 0.4) is 0 Å². The van der Waals surface area contributed by atoms with Gasteiger partial charge in [-0.2, -0.15) is 0 Å². The lowest BCUT2D eigenvalue weighted by molar-refractivity contribution is 0.301. The van der Waals surface area contributed by atoms with Crippen LogP contribution in [-0.4, -0.2) is 6.04 Å². The van der Waals surface area contributed by atoms with E-state index in [0.29, 0.717) is 17.7 Å². The molecule has 2 nitrogen and oxygen atoms in total. The molecule has 0 saturated carbocycles. The van der Waals surface area contributed by atoms with Gasteiger partial charge in [0, 0.05) is 16.6 Å². The Bertz CT molecular complexity index is 611. The quantitative estimate of drug-likeness (QED) is 0.872. The second kappa shape index (κ2) is 7.00. The predicted octanol–water partition coefficient (Wildman–Crippen LogP) is 4.20. The molecule has 0 saturated heterocycles. The maximum Gasteiger partial charge on any atom is 0.126 e. The van der Waals surface area contributed by atoms with E-state index in [2.05, 4.69) is 15.9 Å². The molecule has 21 heavy (non-hydrogen) atoms. The molecule has 112 valence electrons. The highest BCUT2D eigenvalue weighted by atomic mass is 79.9. The van der Waals surface area contributed by atoms with E-state index >= 15 is 0 Å². The third-order valence-corrected chi connectivity index (χ3v) is 3.37. The Morgan fingerprint density at radius 3 is 2.43 bits per heavy atom. The molecule has 0 aliphatic heterocycles. The molecule has 0 spiro atoms. The van der Waals surface area contributed by atoms with Gasteiger partial charge < -0.3 is 10.5 Å². The van der Waals surface area contributed by atoms with Crippen molar-refractivity contribution in [2.75, 3.05) is 0 Å². The number of benzene rings is 2. The lowest BCUT2D eigenvalue weighted by Crippen LogP contribution is -2.18. The number of nitrogens with two attached hydrogens (primary N) is 1. The van der Waals surface area contributed by atoms with Crippen LogP contribution < -0.4 is 10.5 Å². The van der Waals surface area contributed by atoms with E-state index < -0.39 is 11.6 Å². The molecule has 2 rings (SSSR count). The lowest BCUT2D eigenvalue weighted by atomic mass is 10.1. The SMILES string of the molecule is CC(N)Cc1cc(Br)ccc1OCc1cc(F)cc(F)c1. The second-order valence-corrected chi connectivity index (χ2v) is 5.92. The van der Waals surface area contributed by atoms with Crippen molar-refractivity contribution in [2.45, 2.75) is 26.0 Å². The van der Waals surface area contributed by atoms with Gasteiger partial charge >= 0.3 is 0 Å². The molecule has 1 unspecified atom stereocenters. The standard InChI is InChI=1S/C16H16BrF2NO/c1-10(20)4-12-7-13(17)2-3-16(12)21-9-11-5-14(18)8-15(19)6-11/h2-3,5-8,10H,4,9,20H2,1H3. The molecule has 0 aliphatic rings. The first kappa shape index (κ1) is 15.9. The third-order valence-electron chi connectivity index (χ3n) is 2.88. The van der Waals surface area contributed by atoms with E-state index in [1.54, 1.807) is 0 Å². The van der Waals surface area contributed by atoms with Crippen LogP contribution in [0.5, 0.6) is 5.75 Å². The summed E-state index contributed by atoms with van der Waals surface area (Å²) in [5.41, 5.74) is 7.22. The minimum absolute atomic E-state index is 0.00624. The van der Waals surface area contributed by atoms with Crippen molar-refractivity contribution in [3.05, 3.63) is 63.6 Å². The summed E-state index contributed by atoms with van der Waals surface area (Å²) in [4.78, 5) is 0. The topological polar surface area (TPSA) is 35.2 Å². The van der Waals surface area contributed by atoms with Crippen LogP contribution in [0, 0.1) is 11.6 Å². The van der Waals surface area contributed by atoms with Gasteiger partial charge in [-0.1, -0.05) is 15.9 Å². The Morgan fingerprint density at radius 2 is 1.81 bits per heavy atom. The Hall–Kier alpha value is -1.46. The molecular weight excluding hydrogens is 340 g/mol. The zero-order valence-corrected chi connectivity index (χ0v) is 13.2. The number of hydrogen-bond acceptors (Lipinski definition) is 2. The highest BCUT2D eigenvalue weighted by Gasteiger charge is 2.08. The van der Waals surface area contributed by atoms with E-state index in [0.717, 1.165) is 16.1 Å². The lowest BCUT2D eigenvalue weighted by Gasteiger charge is -2.14. The zero-order valence-electron chi connectivity index (χ0n) is 11.6. The summed E-state index contributed by atoms with van der Waals surface area (Å²) in [6, 6.07) is 8.95. The molecule has 5 heteroatoms. The molecular formula is C16H16BrF2NO. The molecule has 0 radical (unpaired) electrons. The van der Waals surface area contributed by atoms with Gasteiger partial charge in [-0.25, -0.2) is 8.78 Å². The number of halogens is 3. The molecule has 0 aromatic heterocycles. The van der Waals surface area contributed by atoms with Crippen molar-refractivity contribution in [3.8, 4) is 5.75 Å². The van der Waals surface area contributed by atoms with E-state index in [-0.39, 0.29) is 12.6 Å². The number of hydrogen-bond donors (Lipinski definition) is 1. The van der Waals surface area contributed by atoms with Gasteiger partial charge in [0.15, 0.2) is 0 Å². The molecule has 2 aromatic carbocycles. The van der Waals surface area contributed by atoms with Crippen LogP contribution in [0.25, 0.3) is 0 Å². The Kier molecular flexibility index (Phi) is 5.31. The van der Waals surface area contributed by atoms with Gasteiger partial charge in [-0.05, 0) is 54.8 Å². The maximum absolute atomic E-state index is 13.1. The van der Waals surface area contributed by atoms with Crippen LogP contribution in [0.2, 0.25) is 0 Å². The molecule has 0 heterocycles. The number of rotatable bonds is 5. The molecule has 0 aliphatic carbocycles. The van der Waals surface area contributed by atoms with E-state index in [1.165, 1.54) is 12.1 Å². The van der Waals surface area contributed by atoms with E-state index in [4.69, 9.17) is 10.5 Å². The molecule has 0 bridgehead atoms. The summed E-state index contributed by atoms with van der Waals surface area (Å²) in [5, 5.41) is 0. The predicted molar refractivity (Wildman–Crippen MR) is 82.2 cm³/mol. The molecule has 0 fully saturated rings. The number of ether oxygens (including phenoxy) is 1. The van der Waals surface area contributed by atoms with E-state index in [1.807, 2.05) is 25.1 Å². The minimum Gasteiger partial charge on any atom is -0.489 e. The van der Waals surface area contributed by atoms with Crippen LogP contribution in [-0.2, 0) is 13.0 Å². The van der Waals surface area contributed by atoms with Gasteiger partial charge in [0.25, 0.3) is 0 Å².